The van der Waals surface area contributed by atoms with E-state index < -0.39 is 0 Å². The summed E-state index contributed by atoms with van der Waals surface area (Å²) in [5.74, 6) is 3.79. The van der Waals surface area contributed by atoms with Crippen LogP contribution >= 0.6 is 23.4 Å². The number of pyridine rings is 1. The van der Waals surface area contributed by atoms with Crippen molar-refractivity contribution in [3.63, 3.8) is 0 Å². The molecule has 3 aliphatic rings. The van der Waals surface area contributed by atoms with Crippen LogP contribution < -0.4 is 10.2 Å². The molecule has 3 heterocycles. The fourth-order valence-electron chi connectivity index (χ4n) is 5.00. The molecule has 1 amide bonds. The SMILES string of the molecule is O=C(NCC1(N2CCSCC2)CCCC1)C1CCN(c2ccc(Cl)cn2)CC1. The molecule has 3 fully saturated rings. The third kappa shape index (κ3) is 4.60. The first-order chi connectivity index (χ1) is 13.7. The van der Waals surface area contributed by atoms with E-state index in [0.29, 0.717) is 5.02 Å². The van der Waals surface area contributed by atoms with Crippen molar-refractivity contribution in [1.82, 2.24) is 15.2 Å². The minimum absolute atomic E-state index is 0.124. The molecule has 0 spiro atoms. The number of amides is 1. The van der Waals surface area contributed by atoms with Gasteiger partial charge in [-0.2, -0.15) is 11.8 Å². The quantitative estimate of drug-likeness (QED) is 0.787. The average Bonchev–Trinajstić information content (AvgIpc) is 3.24. The van der Waals surface area contributed by atoms with Crippen molar-refractivity contribution in [2.24, 2.45) is 5.92 Å². The Morgan fingerprint density at radius 3 is 2.54 bits per heavy atom. The molecular weight excluding hydrogens is 392 g/mol. The number of carbonyl (C=O) groups excluding carboxylic acids is 1. The van der Waals surface area contributed by atoms with Gasteiger partial charge in [0.15, 0.2) is 0 Å². The zero-order valence-electron chi connectivity index (χ0n) is 16.5. The standard InChI is InChI=1S/C21H31ClN4OS/c22-18-3-4-19(23-15-18)25-9-5-17(6-10-25)20(27)24-16-21(7-1-2-8-21)26-11-13-28-14-12-26/h3-4,15,17H,1-2,5-14,16H2,(H,24,27). The molecule has 5 nitrogen and oxygen atoms in total. The lowest BCUT2D eigenvalue weighted by Gasteiger charge is -2.44. The Morgan fingerprint density at radius 1 is 1.18 bits per heavy atom. The van der Waals surface area contributed by atoms with Crippen molar-refractivity contribution in [3.05, 3.63) is 23.4 Å². The van der Waals surface area contributed by atoms with Crippen LogP contribution in [0.1, 0.15) is 38.5 Å². The van der Waals surface area contributed by atoms with Gasteiger partial charge in [-0.25, -0.2) is 4.98 Å². The maximum absolute atomic E-state index is 12.9. The molecule has 0 bridgehead atoms. The van der Waals surface area contributed by atoms with Gasteiger partial charge < -0.3 is 10.2 Å². The molecule has 1 aliphatic carbocycles. The number of carbonyl (C=O) groups is 1. The first-order valence-corrected chi connectivity index (χ1v) is 12.2. The van der Waals surface area contributed by atoms with Gasteiger partial charge in [0.05, 0.1) is 5.02 Å². The van der Waals surface area contributed by atoms with Gasteiger partial charge in [-0.15, -0.1) is 0 Å². The maximum atomic E-state index is 12.9. The Bertz CT molecular complexity index is 651. The van der Waals surface area contributed by atoms with E-state index in [9.17, 15) is 4.79 Å². The van der Waals surface area contributed by atoms with Crippen LogP contribution in [0.2, 0.25) is 5.02 Å². The molecule has 28 heavy (non-hydrogen) atoms. The normalized spacial score (nSPS) is 23.7. The second-order valence-electron chi connectivity index (χ2n) is 8.34. The Labute approximate surface area is 177 Å². The summed E-state index contributed by atoms with van der Waals surface area (Å²) in [6.45, 7) is 4.93. The first kappa shape index (κ1) is 20.3. The summed E-state index contributed by atoms with van der Waals surface area (Å²) in [6.07, 6.45) is 8.54. The summed E-state index contributed by atoms with van der Waals surface area (Å²) in [5, 5.41) is 4.01. The largest absolute Gasteiger partial charge is 0.357 e. The van der Waals surface area contributed by atoms with Crippen LogP contribution in [0.4, 0.5) is 5.82 Å². The molecule has 0 aromatic carbocycles. The van der Waals surface area contributed by atoms with Gasteiger partial charge in [-0.1, -0.05) is 24.4 Å². The summed E-state index contributed by atoms with van der Waals surface area (Å²) in [6, 6.07) is 3.84. The topological polar surface area (TPSA) is 48.5 Å². The van der Waals surface area contributed by atoms with E-state index in [1.54, 1.807) is 6.20 Å². The molecule has 1 aromatic heterocycles. The molecule has 2 saturated heterocycles. The molecule has 1 N–H and O–H groups in total. The number of piperidine rings is 1. The monoisotopic (exact) mass is 422 g/mol. The molecule has 0 atom stereocenters. The molecule has 4 rings (SSSR count). The first-order valence-electron chi connectivity index (χ1n) is 10.6. The van der Waals surface area contributed by atoms with E-state index in [0.717, 1.165) is 38.3 Å². The number of hydrogen-bond donors (Lipinski definition) is 1. The highest BCUT2D eigenvalue weighted by Crippen LogP contribution is 2.36. The summed E-state index contributed by atoms with van der Waals surface area (Å²) in [5.41, 5.74) is 0.213. The fourth-order valence-corrected chi connectivity index (χ4v) is 6.01. The highest BCUT2D eigenvalue weighted by molar-refractivity contribution is 7.99. The van der Waals surface area contributed by atoms with Crippen molar-refractivity contribution in [2.75, 3.05) is 49.1 Å². The molecule has 1 aromatic rings. The zero-order valence-corrected chi connectivity index (χ0v) is 18.1. The summed E-state index contributed by atoms with van der Waals surface area (Å²) >= 11 is 7.99. The Kier molecular flexibility index (Phi) is 6.69. The number of nitrogens with one attached hydrogen (secondary N) is 1. The third-order valence-corrected chi connectivity index (χ3v) is 7.88. The third-order valence-electron chi connectivity index (χ3n) is 6.71. The number of nitrogens with zero attached hydrogens (tertiary/aromatic N) is 3. The van der Waals surface area contributed by atoms with Gasteiger partial charge in [0, 0.05) is 61.9 Å². The van der Waals surface area contributed by atoms with Gasteiger partial charge >= 0.3 is 0 Å². The molecule has 0 unspecified atom stereocenters. The lowest BCUT2D eigenvalue weighted by molar-refractivity contribution is -0.126. The summed E-state index contributed by atoms with van der Waals surface area (Å²) in [7, 11) is 0. The lowest BCUT2D eigenvalue weighted by Crippen LogP contribution is -2.57. The molecule has 1 saturated carbocycles. The van der Waals surface area contributed by atoms with E-state index in [1.165, 1.54) is 50.3 Å². The van der Waals surface area contributed by atoms with Crippen LogP contribution in [-0.2, 0) is 4.79 Å². The number of hydrogen-bond acceptors (Lipinski definition) is 5. The fraction of sp³-hybridized carbons (Fsp3) is 0.714. The molecular formula is C21H31ClN4OS. The van der Waals surface area contributed by atoms with Crippen molar-refractivity contribution >= 4 is 35.1 Å². The van der Waals surface area contributed by atoms with Crippen LogP contribution in [0.3, 0.4) is 0 Å². The van der Waals surface area contributed by atoms with E-state index in [4.69, 9.17) is 11.6 Å². The van der Waals surface area contributed by atoms with E-state index in [-0.39, 0.29) is 17.4 Å². The molecule has 154 valence electrons. The van der Waals surface area contributed by atoms with E-state index in [2.05, 4.69) is 31.9 Å². The number of rotatable bonds is 5. The van der Waals surface area contributed by atoms with Crippen LogP contribution in [-0.4, -0.2) is 65.6 Å². The van der Waals surface area contributed by atoms with Crippen molar-refractivity contribution < 1.29 is 4.79 Å². The van der Waals surface area contributed by atoms with Crippen molar-refractivity contribution in [2.45, 2.75) is 44.1 Å². The van der Waals surface area contributed by atoms with Gasteiger partial charge in [-0.3, -0.25) is 9.69 Å². The highest BCUT2D eigenvalue weighted by Gasteiger charge is 2.40. The summed E-state index contributed by atoms with van der Waals surface area (Å²) in [4.78, 5) is 22.2. The highest BCUT2D eigenvalue weighted by atomic mass is 35.5. The molecule has 7 heteroatoms. The molecule has 2 aliphatic heterocycles. The summed E-state index contributed by atoms with van der Waals surface area (Å²) < 4.78 is 0. The average molecular weight is 423 g/mol. The van der Waals surface area contributed by atoms with Crippen LogP contribution in [0.15, 0.2) is 18.3 Å². The number of halogens is 1. The minimum Gasteiger partial charge on any atom is -0.357 e. The van der Waals surface area contributed by atoms with Crippen LogP contribution in [0.5, 0.6) is 0 Å². The predicted octanol–water partition coefficient (Wildman–Crippen LogP) is 3.43. The van der Waals surface area contributed by atoms with E-state index in [1.807, 2.05) is 12.1 Å². The van der Waals surface area contributed by atoms with E-state index >= 15 is 0 Å². The number of anilines is 1. The molecule has 0 radical (unpaired) electrons. The lowest BCUT2D eigenvalue weighted by atomic mass is 9.92. The number of aromatic nitrogens is 1. The van der Waals surface area contributed by atoms with Crippen LogP contribution in [0.25, 0.3) is 0 Å². The van der Waals surface area contributed by atoms with Crippen molar-refractivity contribution in [3.8, 4) is 0 Å². The smallest absolute Gasteiger partial charge is 0.223 e. The van der Waals surface area contributed by atoms with Gasteiger partial charge in [-0.05, 0) is 37.8 Å². The van der Waals surface area contributed by atoms with Gasteiger partial charge in [0.2, 0.25) is 5.91 Å². The Morgan fingerprint density at radius 2 is 1.89 bits per heavy atom. The minimum atomic E-state index is 0.124. The second kappa shape index (κ2) is 9.23. The van der Waals surface area contributed by atoms with Crippen molar-refractivity contribution in [1.29, 1.82) is 0 Å². The van der Waals surface area contributed by atoms with Crippen LogP contribution in [0, 0.1) is 5.92 Å². The second-order valence-corrected chi connectivity index (χ2v) is 10.0. The van der Waals surface area contributed by atoms with Gasteiger partial charge in [0.1, 0.15) is 5.82 Å². The predicted molar refractivity (Wildman–Crippen MR) is 117 cm³/mol. The number of thioether (sulfide) groups is 1. The Hall–Kier alpha value is -0.980. The maximum Gasteiger partial charge on any atom is 0.223 e. The van der Waals surface area contributed by atoms with Gasteiger partial charge in [0.25, 0.3) is 0 Å². The zero-order chi connectivity index (χ0) is 19.4. The Balaban J connectivity index is 1.28.